The van der Waals surface area contributed by atoms with Crippen molar-refractivity contribution < 1.29 is 5.11 Å². The Labute approximate surface area is 87.1 Å². The van der Waals surface area contributed by atoms with Crippen molar-refractivity contribution in [3.05, 3.63) is 39.1 Å². The van der Waals surface area contributed by atoms with Gasteiger partial charge in [-0.3, -0.25) is 14.8 Å². The van der Waals surface area contributed by atoms with E-state index in [2.05, 4.69) is 15.3 Å². The van der Waals surface area contributed by atoms with Gasteiger partial charge in [-0.15, -0.1) is 10.2 Å². The normalized spacial score (nSPS) is 11.0. The van der Waals surface area contributed by atoms with E-state index in [-0.39, 0.29) is 5.56 Å². The molecule has 0 aliphatic carbocycles. The Hall–Kier alpha value is -2.71. The van der Waals surface area contributed by atoms with E-state index in [1.54, 1.807) is 0 Å². The van der Waals surface area contributed by atoms with Crippen molar-refractivity contribution in [1.82, 2.24) is 24.8 Å². The van der Waals surface area contributed by atoms with Gasteiger partial charge in [0, 0.05) is 0 Å². The lowest BCUT2D eigenvalue weighted by atomic mass is 10.3. The summed E-state index contributed by atoms with van der Waals surface area (Å²) >= 11 is 0. The standard InChI is InChI=1S/C7H6N6O3/c14-5-4(6(15)12-7(16)11-5)1-10-13-2-8-9-3-13/h1-3H,(H3,11,12,14,15,16)/b10-1+. The molecule has 0 aliphatic heterocycles. The summed E-state index contributed by atoms with van der Waals surface area (Å²) in [5, 5.41) is 20.0. The first kappa shape index (κ1) is 9.83. The predicted molar refractivity (Wildman–Crippen MR) is 52.4 cm³/mol. The monoisotopic (exact) mass is 222 g/mol. The highest BCUT2D eigenvalue weighted by Crippen LogP contribution is 2.00. The van der Waals surface area contributed by atoms with Gasteiger partial charge in [0.25, 0.3) is 5.56 Å². The van der Waals surface area contributed by atoms with Gasteiger partial charge < -0.3 is 5.11 Å². The molecule has 0 aliphatic rings. The SMILES string of the molecule is O=c1[nH]c(O)c(/C=N/n2cnnc2)c(=O)[nH]1. The predicted octanol–water partition coefficient (Wildman–Crippen LogP) is -1.76. The van der Waals surface area contributed by atoms with E-state index in [9.17, 15) is 14.7 Å². The molecule has 0 bridgehead atoms. The Morgan fingerprint density at radius 2 is 2.00 bits per heavy atom. The van der Waals surface area contributed by atoms with Crippen LogP contribution in [0.5, 0.6) is 5.88 Å². The van der Waals surface area contributed by atoms with Crippen LogP contribution in [0.15, 0.2) is 27.3 Å². The molecule has 82 valence electrons. The summed E-state index contributed by atoms with van der Waals surface area (Å²) in [6.45, 7) is 0. The molecule has 0 fully saturated rings. The minimum Gasteiger partial charge on any atom is -0.494 e. The summed E-state index contributed by atoms with van der Waals surface area (Å²) < 4.78 is 1.23. The van der Waals surface area contributed by atoms with Crippen molar-refractivity contribution >= 4 is 6.21 Å². The van der Waals surface area contributed by atoms with Gasteiger partial charge in [0.15, 0.2) is 0 Å². The molecule has 0 amide bonds. The first-order valence-corrected chi connectivity index (χ1v) is 4.11. The fourth-order valence-corrected chi connectivity index (χ4v) is 0.983. The highest BCUT2D eigenvalue weighted by molar-refractivity contribution is 5.81. The molecule has 0 spiro atoms. The van der Waals surface area contributed by atoms with Crippen LogP contribution >= 0.6 is 0 Å². The third kappa shape index (κ3) is 1.87. The summed E-state index contributed by atoms with van der Waals surface area (Å²) in [7, 11) is 0. The molecular weight excluding hydrogens is 216 g/mol. The molecule has 2 heterocycles. The number of rotatable bonds is 2. The molecule has 3 N–H and O–H groups in total. The number of hydrogen-bond acceptors (Lipinski definition) is 6. The molecule has 9 heteroatoms. The van der Waals surface area contributed by atoms with Crippen LogP contribution in [-0.4, -0.2) is 36.2 Å². The minimum atomic E-state index is -0.788. The van der Waals surface area contributed by atoms with Crippen molar-refractivity contribution in [3.63, 3.8) is 0 Å². The van der Waals surface area contributed by atoms with E-state index in [4.69, 9.17) is 0 Å². The van der Waals surface area contributed by atoms with E-state index in [0.717, 1.165) is 6.21 Å². The number of hydrogen-bond donors (Lipinski definition) is 3. The zero-order chi connectivity index (χ0) is 11.5. The number of H-pyrrole nitrogens is 2. The third-order valence-electron chi connectivity index (χ3n) is 1.69. The lowest BCUT2D eigenvalue weighted by molar-refractivity contribution is 0.447. The Bertz CT molecular complexity index is 622. The van der Waals surface area contributed by atoms with Gasteiger partial charge in [0.05, 0.1) is 6.21 Å². The Kier molecular flexibility index (Phi) is 2.34. The molecule has 0 saturated carbocycles. The molecule has 2 aromatic rings. The largest absolute Gasteiger partial charge is 0.494 e. The molecule has 2 rings (SSSR count). The summed E-state index contributed by atoms with van der Waals surface area (Å²) in [6.07, 6.45) is 3.67. The highest BCUT2D eigenvalue weighted by Gasteiger charge is 2.05. The van der Waals surface area contributed by atoms with Crippen LogP contribution < -0.4 is 11.2 Å². The molecule has 0 radical (unpaired) electrons. The van der Waals surface area contributed by atoms with Gasteiger partial charge in [-0.05, 0) is 0 Å². The van der Waals surface area contributed by atoms with E-state index in [1.807, 2.05) is 9.97 Å². The van der Waals surface area contributed by atoms with Gasteiger partial charge >= 0.3 is 5.69 Å². The molecule has 0 saturated heterocycles. The Morgan fingerprint density at radius 1 is 1.31 bits per heavy atom. The van der Waals surface area contributed by atoms with Crippen LogP contribution in [0.25, 0.3) is 0 Å². The Balaban J connectivity index is 2.43. The minimum absolute atomic E-state index is 0.159. The van der Waals surface area contributed by atoms with Gasteiger partial charge in [0.1, 0.15) is 18.2 Å². The van der Waals surface area contributed by atoms with Crippen LogP contribution in [-0.2, 0) is 0 Å². The number of aromatic amines is 2. The number of aromatic nitrogens is 5. The fraction of sp³-hybridized carbons (Fsp3) is 0. The first-order valence-electron chi connectivity index (χ1n) is 4.11. The van der Waals surface area contributed by atoms with Crippen LogP contribution in [0, 0.1) is 0 Å². The second-order valence-electron chi connectivity index (χ2n) is 2.76. The van der Waals surface area contributed by atoms with Gasteiger partial charge in [0.2, 0.25) is 5.88 Å². The van der Waals surface area contributed by atoms with Crippen LogP contribution in [0.3, 0.4) is 0 Å². The maximum Gasteiger partial charge on any atom is 0.328 e. The molecule has 0 unspecified atom stereocenters. The Morgan fingerprint density at radius 3 is 2.62 bits per heavy atom. The third-order valence-corrected chi connectivity index (χ3v) is 1.69. The molecule has 0 aromatic carbocycles. The van der Waals surface area contributed by atoms with Crippen molar-refractivity contribution in [3.8, 4) is 5.88 Å². The molecule has 16 heavy (non-hydrogen) atoms. The van der Waals surface area contributed by atoms with Crippen LogP contribution in [0.2, 0.25) is 0 Å². The van der Waals surface area contributed by atoms with Crippen molar-refractivity contribution in [2.75, 3.05) is 0 Å². The van der Waals surface area contributed by atoms with E-state index in [1.165, 1.54) is 17.3 Å². The van der Waals surface area contributed by atoms with Crippen molar-refractivity contribution in [1.29, 1.82) is 0 Å². The average Bonchev–Trinajstić information content (AvgIpc) is 2.68. The lowest BCUT2D eigenvalue weighted by Gasteiger charge is -1.95. The topological polar surface area (TPSA) is 129 Å². The molecule has 2 aromatic heterocycles. The van der Waals surface area contributed by atoms with Gasteiger partial charge in [-0.1, -0.05) is 0 Å². The maximum atomic E-state index is 11.3. The average molecular weight is 222 g/mol. The van der Waals surface area contributed by atoms with Crippen molar-refractivity contribution in [2.45, 2.75) is 0 Å². The summed E-state index contributed by atoms with van der Waals surface area (Å²) in [5.74, 6) is -0.550. The molecular formula is C7H6N6O3. The van der Waals surface area contributed by atoms with E-state index < -0.39 is 17.1 Å². The second kappa shape index (κ2) is 3.81. The molecule has 0 atom stereocenters. The second-order valence-corrected chi connectivity index (χ2v) is 2.76. The van der Waals surface area contributed by atoms with Crippen LogP contribution in [0.4, 0.5) is 0 Å². The quantitative estimate of drug-likeness (QED) is 0.518. The number of nitrogens with one attached hydrogen (secondary N) is 2. The summed E-state index contributed by atoms with van der Waals surface area (Å²) in [6, 6.07) is 0. The maximum absolute atomic E-state index is 11.3. The van der Waals surface area contributed by atoms with E-state index in [0.29, 0.717) is 0 Å². The first-order chi connectivity index (χ1) is 7.66. The number of nitrogens with zero attached hydrogens (tertiary/aromatic N) is 4. The van der Waals surface area contributed by atoms with E-state index >= 15 is 0 Å². The summed E-state index contributed by atoms with van der Waals surface area (Å²) in [5.41, 5.74) is -1.68. The van der Waals surface area contributed by atoms with Crippen LogP contribution in [0.1, 0.15) is 5.56 Å². The van der Waals surface area contributed by atoms with Gasteiger partial charge in [-0.2, -0.15) is 5.10 Å². The zero-order valence-electron chi connectivity index (χ0n) is 7.78. The molecule has 9 nitrogen and oxygen atoms in total. The smallest absolute Gasteiger partial charge is 0.328 e. The lowest BCUT2D eigenvalue weighted by Crippen LogP contribution is -2.24. The van der Waals surface area contributed by atoms with Crippen molar-refractivity contribution in [2.24, 2.45) is 5.10 Å². The highest BCUT2D eigenvalue weighted by atomic mass is 16.3. The number of aromatic hydroxyl groups is 1. The summed E-state index contributed by atoms with van der Waals surface area (Å²) in [4.78, 5) is 26.0. The zero-order valence-corrected chi connectivity index (χ0v) is 7.78. The van der Waals surface area contributed by atoms with Gasteiger partial charge in [-0.25, -0.2) is 9.47 Å². The fourth-order valence-electron chi connectivity index (χ4n) is 0.983.